The molecule has 0 unspecified atom stereocenters. The summed E-state index contributed by atoms with van der Waals surface area (Å²) in [6.07, 6.45) is 5.91. The highest BCUT2D eigenvalue weighted by molar-refractivity contribution is 9.10. The number of carbonyl (C=O) groups is 1. The smallest absolute Gasteiger partial charge is 0.258 e. The molecule has 1 aromatic carbocycles. The van der Waals surface area contributed by atoms with Gasteiger partial charge in [0.25, 0.3) is 5.91 Å². The largest absolute Gasteiger partial charge is 0.467 e. The molecule has 1 aromatic heterocycles. The normalized spacial score (nSPS) is 21.1. The molecule has 1 aliphatic carbocycles. The minimum atomic E-state index is -0.0914. The first kappa shape index (κ1) is 16.2. The van der Waals surface area contributed by atoms with E-state index in [1.165, 1.54) is 19.2 Å². The van der Waals surface area contributed by atoms with Crippen molar-refractivity contribution in [3.63, 3.8) is 0 Å². The summed E-state index contributed by atoms with van der Waals surface area (Å²) in [6.45, 7) is 2.24. The number of fused-ring (bicyclic) bond motifs is 1. The highest BCUT2D eigenvalue weighted by Gasteiger charge is 2.20. The topological polar surface area (TPSA) is 64.1 Å². The number of ether oxygens (including phenoxy) is 1. The molecule has 1 amide bonds. The van der Waals surface area contributed by atoms with Crippen LogP contribution in [0.1, 0.15) is 32.6 Å². The number of benzene rings is 1. The van der Waals surface area contributed by atoms with E-state index in [1.807, 2.05) is 18.2 Å². The Morgan fingerprint density at radius 3 is 2.87 bits per heavy atom. The van der Waals surface area contributed by atoms with Gasteiger partial charge >= 0.3 is 0 Å². The van der Waals surface area contributed by atoms with Crippen LogP contribution in [0.25, 0.3) is 10.9 Å². The van der Waals surface area contributed by atoms with Gasteiger partial charge < -0.3 is 10.1 Å². The number of hydrogen-bond acceptors (Lipinski definition) is 4. The molecular weight excluding hydrogens is 358 g/mol. The first-order valence-corrected chi connectivity index (χ1v) is 8.73. The molecule has 0 atom stereocenters. The lowest BCUT2D eigenvalue weighted by molar-refractivity contribution is -0.124. The van der Waals surface area contributed by atoms with Crippen molar-refractivity contribution in [2.45, 2.75) is 38.6 Å². The Kier molecular flexibility index (Phi) is 5.10. The first-order chi connectivity index (χ1) is 11.1. The fraction of sp³-hybridized carbons (Fsp3) is 0.471. The Balaban J connectivity index is 1.60. The summed E-state index contributed by atoms with van der Waals surface area (Å²) in [5, 5.41) is 3.85. The number of nitrogens with one attached hydrogen (secondary N) is 1. The second-order valence-corrected chi connectivity index (χ2v) is 7.07. The average Bonchev–Trinajstić information content (AvgIpc) is 2.55. The molecule has 6 heteroatoms. The fourth-order valence-electron chi connectivity index (χ4n) is 2.93. The maximum Gasteiger partial charge on any atom is 0.258 e. The van der Waals surface area contributed by atoms with Crippen LogP contribution in [0.3, 0.4) is 0 Å². The minimum Gasteiger partial charge on any atom is -0.467 e. The third-order valence-corrected chi connectivity index (χ3v) is 4.78. The maximum atomic E-state index is 12.1. The molecule has 2 aromatic rings. The summed E-state index contributed by atoms with van der Waals surface area (Å²) in [5.74, 6) is 1.11. The van der Waals surface area contributed by atoms with Gasteiger partial charge in [-0.25, -0.2) is 9.97 Å². The van der Waals surface area contributed by atoms with E-state index in [0.29, 0.717) is 5.88 Å². The van der Waals surface area contributed by atoms with Gasteiger partial charge in [-0.05, 0) is 49.8 Å². The van der Waals surface area contributed by atoms with Crippen LogP contribution in [0.4, 0.5) is 0 Å². The second-order valence-electron chi connectivity index (χ2n) is 6.15. The van der Waals surface area contributed by atoms with Crippen LogP contribution in [-0.2, 0) is 4.79 Å². The van der Waals surface area contributed by atoms with Gasteiger partial charge in [0.1, 0.15) is 6.33 Å². The van der Waals surface area contributed by atoms with Gasteiger partial charge in [-0.1, -0.05) is 22.9 Å². The molecule has 0 radical (unpaired) electrons. The molecular formula is C17H20BrN3O2. The van der Waals surface area contributed by atoms with E-state index in [1.54, 1.807) is 0 Å². The molecule has 0 saturated heterocycles. The van der Waals surface area contributed by atoms with E-state index in [-0.39, 0.29) is 18.6 Å². The molecule has 0 aliphatic heterocycles. The van der Waals surface area contributed by atoms with Crippen molar-refractivity contribution in [2.75, 3.05) is 6.61 Å². The first-order valence-electron chi connectivity index (χ1n) is 7.94. The van der Waals surface area contributed by atoms with Crippen molar-refractivity contribution in [1.82, 2.24) is 15.3 Å². The number of nitrogens with zero attached hydrogens (tertiary/aromatic N) is 2. The average molecular weight is 378 g/mol. The molecule has 5 nitrogen and oxygen atoms in total. The summed E-state index contributed by atoms with van der Waals surface area (Å²) in [4.78, 5) is 20.4. The third kappa shape index (κ3) is 4.19. The molecule has 1 saturated carbocycles. The van der Waals surface area contributed by atoms with E-state index in [2.05, 4.69) is 38.1 Å². The Bertz CT molecular complexity index is 699. The van der Waals surface area contributed by atoms with Gasteiger partial charge in [-0.2, -0.15) is 0 Å². The number of halogens is 1. The number of amides is 1. The van der Waals surface area contributed by atoms with Gasteiger partial charge in [0, 0.05) is 10.5 Å². The summed E-state index contributed by atoms with van der Waals surface area (Å²) in [5.41, 5.74) is 0.792. The lowest BCUT2D eigenvalue weighted by Crippen LogP contribution is -2.39. The highest BCUT2D eigenvalue weighted by Crippen LogP contribution is 2.25. The zero-order valence-corrected chi connectivity index (χ0v) is 14.7. The van der Waals surface area contributed by atoms with Crippen molar-refractivity contribution in [2.24, 2.45) is 5.92 Å². The summed E-state index contributed by atoms with van der Waals surface area (Å²) in [7, 11) is 0. The van der Waals surface area contributed by atoms with E-state index < -0.39 is 0 Å². The summed E-state index contributed by atoms with van der Waals surface area (Å²) < 4.78 is 6.54. The predicted molar refractivity (Wildman–Crippen MR) is 92.3 cm³/mol. The lowest BCUT2D eigenvalue weighted by atomic mass is 9.87. The summed E-state index contributed by atoms with van der Waals surface area (Å²) >= 11 is 3.43. The molecule has 1 fully saturated rings. The van der Waals surface area contributed by atoms with Gasteiger partial charge in [-0.3, -0.25) is 4.79 Å². The number of aromatic nitrogens is 2. The van der Waals surface area contributed by atoms with Crippen LogP contribution >= 0.6 is 15.9 Å². The third-order valence-electron chi connectivity index (χ3n) is 4.28. The lowest BCUT2D eigenvalue weighted by Gasteiger charge is -2.26. The molecule has 0 spiro atoms. The minimum absolute atomic E-state index is 0.0231. The van der Waals surface area contributed by atoms with Crippen LogP contribution in [0.2, 0.25) is 0 Å². The molecule has 0 bridgehead atoms. The predicted octanol–water partition coefficient (Wildman–Crippen LogP) is 3.47. The van der Waals surface area contributed by atoms with Crippen molar-refractivity contribution >= 4 is 32.7 Å². The number of carbonyl (C=O) groups excluding carboxylic acids is 1. The number of hydrogen-bond donors (Lipinski definition) is 1. The van der Waals surface area contributed by atoms with Crippen LogP contribution in [-0.4, -0.2) is 28.5 Å². The van der Waals surface area contributed by atoms with Crippen LogP contribution in [0.5, 0.6) is 5.88 Å². The van der Waals surface area contributed by atoms with Crippen LogP contribution in [0, 0.1) is 5.92 Å². The Labute approximate surface area is 144 Å². The molecule has 23 heavy (non-hydrogen) atoms. The Morgan fingerprint density at radius 2 is 2.09 bits per heavy atom. The second kappa shape index (κ2) is 7.25. The van der Waals surface area contributed by atoms with Crippen molar-refractivity contribution in [1.29, 1.82) is 0 Å². The zero-order valence-electron chi connectivity index (χ0n) is 13.1. The fourth-order valence-corrected chi connectivity index (χ4v) is 3.29. The van der Waals surface area contributed by atoms with E-state index in [9.17, 15) is 4.79 Å². The number of rotatable bonds is 4. The Morgan fingerprint density at radius 1 is 1.30 bits per heavy atom. The van der Waals surface area contributed by atoms with E-state index in [4.69, 9.17) is 4.74 Å². The quantitative estimate of drug-likeness (QED) is 0.885. The maximum absolute atomic E-state index is 12.1. The van der Waals surface area contributed by atoms with Crippen molar-refractivity contribution in [3.05, 3.63) is 29.0 Å². The summed E-state index contributed by atoms with van der Waals surface area (Å²) in [6, 6.07) is 5.97. The zero-order chi connectivity index (χ0) is 16.2. The van der Waals surface area contributed by atoms with Crippen LogP contribution < -0.4 is 10.1 Å². The van der Waals surface area contributed by atoms with Gasteiger partial charge in [0.05, 0.1) is 10.9 Å². The monoisotopic (exact) mass is 377 g/mol. The van der Waals surface area contributed by atoms with Gasteiger partial charge in [0.15, 0.2) is 6.61 Å². The molecule has 1 aliphatic rings. The SMILES string of the molecule is CC1CCC(NC(=O)COc2ncnc3ccc(Br)cc23)CC1. The molecule has 122 valence electrons. The van der Waals surface area contributed by atoms with E-state index in [0.717, 1.165) is 34.1 Å². The van der Waals surface area contributed by atoms with Gasteiger partial charge in [-0.15, -0.1) is 0 Å². The van der Waals surface area contributed by atoms with E-state index >= 15 is 0 Å². The molecule has 3 rings (SSSR count). The van der Waals surface area contributed by atoms with Crippen LogP contribution in [0.15, 0.2) is 29.0 Å². The molecule has 1 N–H and O–H groups in total. The van der Waals surface area contributed by atoms with Crippen molar-refractivity contribution < 1.29 is 9.53 Å². The highest BCUT2D eigenvalue weighted by atomic mass is 79.9. The molecule has 1 heterocycles. The van der Waals surface area contributed by atoms with Crippen molar-refractivity contribution in [3.8, 4) is 5.88 Å². The Hall–Kier alpha value is -1.69. The van der Waals surface area contributed by atoms with Gasteiger partial charge in [0.2, 0.25) is 5.88 Å². The standard InChI is InChI=1S/C17H20BrN3O2/c1-11-2-5-13(6-3-11)21-16(22)9-23-17-14-8-12(18)4-7-15(14)19-10-20-17/h4,7-8,10-11,13H,2-3,5-6,9H2,1H3,(H,21,22).